The lowest BCUT2D eigenvalue weighted by molar-refractivity contribution is -0.154. The van der Waals surface area contributed by atoms with E-state index in [1.54, 1.807) is 0 Å². The third-order valence-corrected chi connectivity index (χ3v) is 5.30. The molecule has 0 radical (unpaired) electrons. The van der Waals surface area contributed by atoms with Gasteiger partial charge in [0.15, 0.2) is 0 Å². The van der Waals surface area contributed by atoms with Crippen LogP contribution in [0.25, 0.3) is 0 Å². The van der Waals surface area contributed by atoms with Gasteiger partial charge in [-0.05, 0) is 43.2 Å². The highest BCUT2D eigenvalue weighted by Gasteiger charge is 2.63. The zero-order valence-corrected chi connectivity index (χ0v) is 13.5. The minimum atomic E-state index is -0.798. The van der Waals surface area contributed by atoms with Crippen molar-refractivity contribution in [3.63, 3.8) is 0 Å². The Labute approximate surface area is 131 Å². The second-order valence-electron chi connectivity index (χ2n) is 7.14. The molecule has 3 rings (SSSR count). The van der Waals surface area contributed by atoms with E-state index in [0.717, 1.165) is 12.8 Å². The molecule has 1 amide bonds. The number of piperidine rings is 1. The fraction of sp³-hybridized carbons (Fsp3) is 0.556. The summed E-state index contributed by atoms with van der Waals surface area (Å²) in [6.45, 7) is 4.30. The molecule has 2 saturated heterocycles. The van der Waals surface area contributed by atoms with Gasteiger partial charge < -0.3 is 9.64 Å². The molecule has 2 unspecified atom stereocenters. The number of carbonyl (C=O) groups excluding carboxylic acids is 2. The predicted octanol–water partition coefficient (Wildman–Crippen LogP) is 3.02. The second kappa shape index (κ2) is 5.11. The van der Waals surface area contributed by atoms with E-state index in [4.69, 9.17) is 4.74 Å². The summed E-state index contributed by atoms with van der Waals surface area (Å²) in [5.41, 5.74) is -0.233. The lowest BCUT2D eigenvalue weighted by Gasteiger charge is -2.43. The molecule has 1 aromatic rings. The molecule has 0 N–H and O–H groups in total. The Hall–Kier alpha value is -1.84. The van der Waals surface area contributed by atoms with Crippen molar-refractivity contribution in [3.05, 3.63) is 35.9 Å². The van der Waals surface area contributed by atoms with E-state index in [-0.39, 0.29) is 23.3 Å². The number of carbonyl (C=O) groups is 2. The molecule has 0 aliphatic carbocycles. The van der Waals surface area contributed by atoms with Gasteiger partial charge in [-0.2, -0.15) is 0 Å². The van der Waals surface area contributed by atoms with E-state index in [1.807, 2.05) is 35.2 Å². The van der Waals surface area contributed by atoms with Crippen LogP contribution < -0.4 is 0 Å². The van der Waals surface area contributed by atoms with E-state index in [2.05, 4.69) is 13.8 Å². The molecule has 2 bridgehead atoms. The van der Waals surface area contributed by atoms with Gasteiger partial charge >= 0.3 is 5.97 Å². The summed E-state index contributed by atoms with van der Waals surface area (Å²) in [5.74, 6) is -0.326. The summed E-state index contributed by atoms with van der Waals surface area (Å²) in [6, 6.07) is 9.32. The first kappa shape index (κ1) is 15.1. The van der Waals surface area contributed by atoms with Crippen LogP contribution in [0.3, 0.4) is 0 Å². The van der Waals surface area contributed by atoms with Gasteiger partial charge in [0.05, 0.1) is 7.11 Å². The Morgan fingerprint density at radius 1 is 1.23 bits per heavy atom. The molecule has 2 atom stereocenters. The van der Waals surface area contributed by atoms with Crippen molar-refractivity contribution in [2.75, 3.05) is 7.11 Å². The van der Waals surface area contributed by atoms with E-state index in [1.165, 1.54) is 7.11 Å². The first-order chi connectivity index (χ1) is 10.4. The lowest BCUT2D eigenvalue weighted by Crippen LogP contribution is -2.58. The third kappa shape index (κ3) is 2.04. The van der Waals surface area contributed by atoms with Gasteiger partial charge in [0.25, 0.3) is 5.91 Å². The molecule has 118 valence electrons. The molecular weight excluding hydrogens is 278 g/mol. The topological polar surface area (TPSA) is 46.6 Å². The van der Waals surface area contributed by atoms with Crippen LogP contribution in [0.15, 0.2) is 30.3 Å². The molecule has 0 spiro atoms. The predicted molar refractivity (Wildman–Crippen MR) is 83.4 cm³/mol. The summed E-state index contributed by atoms with van der Waals surface area (Å²) in [7, 11) is 1.41. The second-order valence-corrected chi connectivity index (χ2v) is 7.14. The average molecular weight is 301 g/mol. The van der Waals surface area contributed by atoms with Gasteiger partial charge in [-0.25, -0.2) is 4.79 Å². The van der Waals surface area contributed by atoms with E-state index < -0.39 is 5.54 Å². The standard InChI is InChI=1S/C18H23NO3/c1-17(2)12-18(16(21)22-3)11-7-10-14(17)19(18)15(20)13-8-5-4-6-9-13/h4-6,8-9,14H,7,10-12H2,1-3H3. The number of amides is 1. The number of methoxy groups -OCH3 is 1. The maximum absolute atomic E-state index is 13.1. The van der Waals surface area contributed by atoms with Crippen molar-refractivity contribution >= 4 is 11.9 Å². The minimum Gasteiger partial charge on any atom is -0.467 e. The number of rotatable bonds is 2. The maximum Gasteiger partial charge on any atom is 0.331 e. The molecule has 4 heteroatoms. The largest absolute Gasteiger partial charge is 0.467 e. The van der Waals surface area contributed by atoms with E-state index in [0.29, 0.717) is 18.4 Å². The molecule has 2 aliphatic heterocycles. The molecule has 2 heterocycles. The van der Waals surface area contributed by atoms with Crippen molar-refractivity contribution in [2.45, 2.75) is 51.1 Å². The Kier molecular flexibility index (Phi) is 3.50. The number of hydrogen-bond acceptors (Lipinski definition) is 3. The summed E-state index contributed by atoms with van der Waals surface area (Å²) in [5, 5.41) is 0. The number of hydrogen-bond donors (Lipinski definition) is 0. The zero-order valence-electron chi connectivity index (χ0n) is 13.5. The first-order valence-electron chi connectivity index (χ1n) is 7.89. The Morgan fingerprint density at radius 3 is 2.55 bits per heavy atom. The monoisotopic (exact) mass is 301 g/mol. The number of esters is 1. The van der Waals surface area contributed by atoms with Crippen molar-refractivity contribution < 1.29 is 14.3 Å². The minimum absolute atomic E-state index is 0.0544. The molecular formula is C18H23NO3. The molecule has 4 nitrogen and oxygen atoms in total. The number of fused-ring (bicyclic) bond motifs is 2. The fourth-order valence-corrected chi connectivity index (χ4v) is 4.44. The van der Waals surface area contributed by atoms with Gasteiger partial charge in [0.1, 0.15) is 5.54 Å². The SMILES string of the molecule is COC(=O)C12CCCC(N1C(=O)c1ccccc1)C(C)(C)C2. The summed E-state index contributed by atoms with van der Waals surface area (Å²) < 4.78 is 5.09. The molecule has 1 aromatic carbocycles. The van der Waals surface area contributed by atoms with Crippen molar-refractivity contribution in [2.24, 2.45) is 5.41 Å². The summed E-state index contributed by atoms with van der Waals surface area (Å²) >= 11 is 0. The average Bonchev–Trinajstić information content (AvgIpc) is 2.66. The molecule has 0 saturated carbocycles. The van der Waals surface area contributed by atoms with E-state index in [9.17, 15) is 9.59 Å². The molecule has 22 heavy (non-hydrogen) atoms. The summed E-state index contributed by atoms with van der Waals surface area (Å²) in [6.07, 6.45) is 3.28. The van der Waals surface area contributed by atoms with Gasteiger partial charge in [-0.3, -0.25) is 4.79 Å². The summed E-state index contributed by atoms with van der Waals surface area (Å²) in [4.78, 5) is 27.5. The van der Waals surface area contributed by atoms with Crippen LogP contribution in [0.4, 0.5) is 0 Å². The first-order valence-corrected chi connectivity index (χ1v) is 7.89. The van der Waals surface area contributed by atoms with Crippen LogP contribution in [-0.2, 0) is 9.53 Å². The highest BCUT2D eigenvalue weighted by Crippen LogP contribution is 2.54. The van der Waals surface area contributed by atoms with Crippen LogP contribution in [-0.4, -0.2) is 35.5 Å². The number of ether oxygens (including phenoxy) is 1. The van der Waals surface area contributed by atoms with Crippen LogP contribution >= 0.6 is 0 Å². The highest BCUT2D eigenvalue weighted by atomic mass is 16.5. The highest BCUT2D eigenvalue weighted by molar-refractivity contribution is 5.99. The Morgan fingerprint density at radius 2 is 1.91 bits per heavy atom. The molecule has 0 aromatic heterocycles. The van der Waals surface area contributed by atoms with Gasteiger partial charge in [-0.15, -0.1) is 0 Å². The Bertz CT molecular complexity index is 596. The van der Waals surface area contributed by atoms with Crippen LogP contribution in [0.5, 0.6) is 0 Å². The maximum atomic E-state index is 13.1. The Balaban J connectivity index is 2.07. The quantitative estimate of drug-likeness (QED) is 0.789. The smallest absolute Gasteiger partial charge is 0.331 e. The van der Waals surface area contributed by atoms with Crippen molar-refractivity contribution in [1.29, 1.82) is 0 Å². The van der Waals surface area contributed by atoms with Gasteiger partial charge in [0, 0.05) is 11.6 Å². The zero-order chi connectivity index (χ0) is 16.0. The van der Waals surface area contributed by atoms with Crippen LogP contribution in [0.1, 0.15) is 49.9 Å². The number of benzene rings is 1. The third-order valence-electron chi connectivity index (χ3n) is 5.30. The van der Waals surface area contributed by atoms with E-state index >= 15 is 0 Å². The molecule has 2 fully saturated rings. The van der Waals surface area contributed by atoms with Crippen LogP contribution in [0.2, 0.25) is 0 Å². The normalized spacial score (nSPS) is 29.2. The number of nitrogens with zero attached hydrogens (tertiary/aromatic N) is 1. The van der Waals surface area contributed by atoms with Gasteiger partial charge in [-0.1, -0.05) is 32.0 Å². The molecule has 2 aliphatic rings. The lowest BCUT2D eigenvalue weighted by atomic mass is 9.81. The van der Waals surface area contributed by atoms with Crippen molar-refractivity contribution in [3.8, 4) is 0 Å². The van der Waals surface area contributed by atoms with Crippen LogP contribution in [0, 0.1) is 5.41 Å². The fourth-order valence-electron chi connectivity index (χ4n) is 4.44. The van der Waals surface area contributed by atoms with Crippen molar-refractivity contribution in [1.82, 2.24) is 4.90 Å². The van der Waals surface area contributed by atoms with Gasteiger partial charge in [0.2, 0.25) is 0 Å².